The monoisotopic (exact) mass is 483 g/mol. The van der Waals surface area contributed by atoms with Gasteiger partial charge in [-0.3, -0.25) is 14.7 Å². The van der Waals surface area contributed by atoms with Gasteiger partial charge in [-0.2, -0.15) is 5.10 Å². The van der Waals surface area contributed by atoms with E-state index < -0.39 is 5.82 Å². The van der Waals surface area contributed by atoms with Crippen molar-refractivity contribution in [3.8, 4) is 0 Å². The number of hydrogen-bond donors (Lipinski definition) is 3. The number of halogens is 1. The van der Waals surface area contributed by atoms with Crippen molar-refractivity contribution in [1.29, 1.82) is 0 Å². The van der Waals surface area contributed by atoms with Crippen LogP contribution in [0.5, 0.6) is 0 Å². The van der Waals surface area contributed by atoms with Gasteiger partial charge in [-0.15, -0.1) is 0 Å². The van der Waals surface area contributed by atoms with Crippen molar-refractivity contribution in [1.82, 2.24) is 15.5 Å². The van der Waals surface area contributed by atoms with E-state index in [-0.39, 0.29) is 47.5 Å². The lowest BCUT2D eigenvalue weighted by molar-refractivity contribution is -0.117. The molecule has 0 radical (unpaired) electrons. The van der Waals surface area contributed by atoms with Gasteiger partial charge in [0.1, 0.15) is 11.9 Å². The van der Waals surface area contributed by atoms with Crippen LogP contribution in [0.4, 0.5) is 20.7 Å². The predicted molar refractivity (Wildman–Crippen MR) is 127 cm³/mol. The van der Waals surface area contributed by atoms with Crippen molar-refractivity contribution in [2.45, 2.75) is 75.9 Å². The van der Waals surface area contributed by atoms with Crippen LogP contribution in [0.3, 0.4) is 0 Å². The lowest BCUT2D eigenvalue weighted by Gasteiger charge is -2.16. The molecule has 1 saturated heterocycles. The fraction of sp³-hybridized carbons (Fsp3) is 0.520. The summed E-state index contributed by atoms with van der Waals surface area (Å²) in [6.07, 6.45) is 4.86. The van der Waals surface area contributed by atoms with E-state index >= 15 is 0 Å². The molecule has 1 aromatic carbocycles. The quantitative estimate of drug-likeness (QED) is 0.554. The van der Waals surface area contributed by atoms with Crippen LogP contribution in [0, 0.1) is 5.82 Å². The highest BCUT2D eigenvalue weighted by atomic mass is 19.1. The molecule has 0 unspecified atom stereocenters. The third-order valence-corrected chi connectivity index (χ3v) is 7.14. The molecule has 9 nitrogen and oxygen atoms in total. The van der Waals surface area contributed by atoms with Gasteiger partial charge < -0.3 is 20.3 Å². The fourth-order valence-electron chi connectivity index (χ4n) is 4.81. The van der Waals surface area contributed by atoms with Gasteiger partial charge in [0, 0.05) is 41.9 Å². The summed E-state index contributed by atoms with van der Waals surface area (Å²) in [6.45, 7) is 2.59. The second kappa shape index (κ2) is 9.31. The van der Waals surface area contributed by atoms with Crippen molar-refractivity contribution < 1.29 is 23.5 Å². The first-order valence-corrected chi connectivity index (χ1v) is 12.2. The summed E-state index contributed by atoms with van der Waals surface area (Å²) >= 11 is 0. The second-order valence-electron chi connectivity index (χ2n) is 10.1. The van der Waals surface area contributed by atoms with Crippen LogP contribution in [0.1, 0.15) is 69.0 Å². The third kappa shape index (κ3) is 5.47. The summed E-state index contributed by atoms with van der Waals surface area (Å²) in [4.78, 5) is 38.0. The van der Waals surface area contributed by atoms with Gasteiger partial charge in [-0.25, -0.2) is 9.18 Å². The molecule has 3 aliphatic rings. The molecule has 1 aromatic heterocycles. The molecule has 5 rings (SSSR count). The van der Waals surface area contributed by atoms with Crippen molar-refractivity contribution in [2.24, 2.45) is 0 Å². The van der Waals surface area contributed by atoms with E-state index in [0.29, 0.717) is 30.9 Å². The first-order valence-electron chi connectivity index (χ1n) is 12.2. The van der Waals surface area contributed by atoms with Gasteiger partial charge in [-0.1, -0.05) is 6.07 Å². The molecule has 2 aromatic rings. The Morgan fingerprint density at radius 2 is 2.11 bits per heavy atom. The van der Waals surface area contributed by atoms with Crippen LogP contribution in [-0.2, 0) is 20.7 Å². The Labute approximate surface area is 202 Å². The summed E-state index contributed by atoms with van der Waals surface area (Å²) < 4.78 is 20.1. The minimum Gasteiger partial charge on any atom is -0.446 e. The van der Waals surface area contributed by atoms with Gasteiger partial charge in [0.25, 0.3) is 0 Å². The van der Waals surface area contributed by atoms with E-state index in [4.69, 9.17) is 4.74 Å². The Hall–Kier alpha value is -3.43. The predicted octanol–water partition coefficient (Wildman–Crippen LogP) is 3.77. The highest BCUT2D eigenvalue weighted by molar-refractivity contribution is 5.95. The SMILES string of the molecule is CC1(NC(=O)O[C@@H]2CC[C@@H](c3cc(NC(=O)Cc4ccc(N5CCCC5=O)cc4F)n[nH]3)C2)CC1. The number of carbonyl (C=O) groups is 3. The molecule has 10 heteroatoms. The van der Waals surface area contributed by atoms with Gasteiger partial charge in [0.05, 0.1) is 6.42 Å². The van der Waals surface area contributed by atoms with Crippen LogP contribution in [0.15, 0.2) is 24.3 Å². The van der Waals surface area contributed by atoms with Crippen molar-refractivity contribution >= 4 is 29.4 Å². The van der Waals surface area contributed by atoms with E-state index in [9.17, 15) is 18.8 Å². The molecule has 0 bridgehead atoms. The Kier molecular flexibility index (Phi) is 6.21. The molecule has 2 saturated carbocycles. The number of hydrogen-bond acceptors (Lipinski definition) is 5. The molecule has 2 aliphatic carbocycles. The van der Waals surface area contributed by atoms with E-state index in [1.165, 1.54) is 6.07 Å². The van der Waals surface area contributed by atoms with Crippen LogP contribution in [0.2, 0.25) is 0 Å². The molecule has 3 N–H and O–H groups in total. The Morgan fingerprint density at radius 3 is 2.83 bits per heavy atom. The molecule has 3 amide bonds. The summed E-state index contributed by atoms with van der Waals surface area (Å²) in [5.41, 5.74) is 1.53. The minimum atomic E-state index is -0.517. The zero-order valence-corrected chi connectivity index (χ0v) is 19.7. The fourth-order valence-corrected chi connectivity index (χ4v) is 4.81. The molecule has 1 aliphatic heterocycles. The van der Waals surface area contributed by atoms with E-state index in [0.717, 1.165) is 37.8 Å². The Bertz CT molecular complexity index is 1140. The number of rotatable bonds is 7. The molecule has 0 spiro atoms. The summed E-state index contributed by atoms with van der Waals surface area (Å²) in [6, 6.07) is 6.30. The number of aromatic nitrogens is 2. The van der Waals surface area contributed by atoms with Gasteiger partial charge in [0.2, 0.25) is 11.8 Å². The summed E-state index contributed by atoms with van der Waals surface area (Å²) in [5, 5.41) is 12.7. The topological polar surface area (TPSA) is 116 Å². The number of carbonyl (C=O) groups excluding carboxylic acids is 3. The standard InChI is InChI=1S/C25H30FN5O4/c1-25(8-9-25)28-24(34)35-18-7-5-16(11-18)20-14-21(30-29-20)27-22(32)12-15-4-6-17(13-19(15)26)31-10-2-3-23(31)33/h4,6,13-14,16,18H,2-3,5,7-12H2,1H3,(H,28,34)(H2,27,29,30,32)/t16-,18-/m1/s1. The van der Waals surface area contributed by atoms with Gasteiger partial charge >= 0.3 is 6.09 Å². The van der Waals surface area contributed by atoms with Crippen LogP contribution in [0.25, 0.3) is 0 Å². The average molecular weight is 484 g/mol. The number of H-pyrrole nitrogens is 1. The number of benzene rings is 1. The van der Waals surface area contributed by atoms with E-state index in [1.54, 1.807) is 23.1 Å². The van der Waals surface area contributed by atoms with Gasteiger partial charge in [0.15, 0.2) is 5.82 Å². The Morgan fingerprint density at radius 1 is 1.29 bits per heavy atom. The number of nitrogens with zero attached hydrogens (tertiary/aromatic N) is 2. The number of amides is 3. The molecule has 186 valence electrons. The normalized spacial score (nSPS) is 22.8. The summed E-state index contributed by atoms with van der Waals surface area (Å²) in [7, 11) is 0. The molecule has 2 heterocycles. The molecule has 35 heavy (non-hydrogen) atoms. The second-order valence-corrected chi connectivity index (χ2v) is 10.1. The third-order valence-electron chi connectivity index (χ3n) is 7.14. The number of nitrogens with one attached hydrogen (secondary N) is 3. The molecular weight excluding hydrogens is 453 g/mol. The number of anilines is 2. The molecule has 2 atom stereocenters. The van der Waals surface area contributed by atoms with Crippen molar-refractivity contribution in [3.63, 3.8) is 0 Å². The number of alkyl carbamates (subject to hydrolysis) is 1. The van der Waals surface area contributed by atoms with E-state index in [2.05, 4.69) is 20.8 Å². The maximum atomic E-state index is 14.6. The zero-order valence-electron chi connectivity index (χ0n) is 19.7. The maximum Gasteiger partial charge on any atom is 0.407 e. The number of ether oxygens (including phenoxy) is 1. The zero-order chi connectivity index (χ0) is 24.6. The highest BCUT2D eigenvalue weighted by Gasteiger charge is 2.40. The highest BCUT2D eigenvalue weighted by Crippen LogP contribution is 2.37. The minimum absolute atomic E-state index is 0.0137. The maximum absolute atomic E-state index is 14.6. The van der Waals surface area contributed by atoms with Crippen molar-refractivity contribution in [2.75, 3.05) is 16.8 Å². The van der Waals surface area contributed by atoms with Crippen LogP contribution >= 0.6 is 0 Å². The first kappa shape index (κ1) is 23.3. The molecule has 3 fully saturated rings. The smallest absolute Gasteiger partial charge is 0.407 e. The lowest BCUT2D eigenvalue weighted by Crippen LogP contribution is -2.36. The Balaban J connectivity index is 1.12. The largest absolute Gasteiger partial charge is 0.446 e. The van der Waals surface area contributed by atoms with Gasteiger partial charge in [-0.05, 0) is 63.1 Å². The average Bonchev–Trinajstić information content (AvgIpc) is 3.22. The van der Waals surface area contributed by atoms with E-state index in [1.807, 2.05) is 6.92 Å². The van der Waals surface area contributed by atoms with Crippen LogP contribution in [-0.4, -0.2) is 46.3 Å². The molecular formula is C25H30FN5O4. The first-order chi connectivity index (χ1) is 16.8. The summed E-state index contributed by atoms with van der Waals surface area (Å²) in [5.74, 6) is -0.393. The van der Waals surface area contributed by atoms with Crippen molar-refractivity contribution in [3.05, 3.63) is 41.3 Å². The van der Waals surface area contributed by atoms with Crippen LogP contribution < -0.4 is 15.5 Å². The number of aromatic amines is 1. The lowest BCUT2D eigenvalue weighted by atomic mass is 10.0.